The molecule has 0 unspecified atom stereocenters. The Kier molecular flexibility index (Phi) is 24.0. The van der Waals surface area contributed by atoms with Crippen molar-refractivity contribution in [2.75, 3.05) is 0 Å². The van der Waals surface area contributed by atoms with Crippen molar-refractivity contribution in [3.8, 4) is 0 Å². The molecule has 0 saturated carbocycles. The SMILES string of the molecule is O=S(=O)([O-])c1c2nc(cc3ccc(cc4nc(cc5ccc1[nH]5)C=C4)[nH]3)C=C2.O=S(=O)([O-])c1c2nc(cc3ccc(cc4nc(cc5ccc1[nH]5)C=C4)[nH]3)C=C2.O=S(=O)([O-])c1c2nc(cc3ccc(cc4nc(cc5ccc1[nH]5)C=C4)[nH]3)C=C2.O=S(=O)([O-])c1c2nc(cc3ccc(cc4nc(cc5ccc1[nH]5)C=C4)[nH]3)C=C2.O=S(=O)([O-])c1c2nc(cc3ccc(cc4nc(cc5ccc1[nH]5)C=C4)[nH]3)C=C2.[V+5]. The molecule has 0 saturated heterocycles. The van der Waals surface area contributed by atoms with E-state index in [4.69, 9.17) is 0 Å². The van der Waals surface area contributed by atoms with Gasteiger partial charge in [0.05, 0.1) is 141 Å². The van der Waals surface area contributed by atoms with E-state index in [1.165, 1.54) is 30.4 Å². The maximum Gasteiger partial charge on any atom is 5.00 e. The summed E-state index contributed by atoms with van der Waals surface area (Å²) in [4.78, 5) is 73.4. The zero-order chi connectivity index (χ0) is 96.5. The minimum atomic E-state index is -4.75. The van der Waals surface area contributed by atoms with Gasteiger partial charge in [0.15, 0.2) is 0 Å². The van der Waals surface area contributed by atoms with Crippen molar-refractivity contribution in [2.45, 2.75) is 24.5 Å². The maximum absolute atomic E-state index is 11.9. The molecule has 0 spiro atoms. The zero-order valence-corrected chi connectivity index (χ0v) is 77.8. The molecule has 10 N–H and O–H groups in total. The molecule has 0 aromatic carbocycles. The van der Waals surface area contributed by atoms with Crippen LogP contribution in [0.4, 0.5) is 0 Å². The van der Waals surface area contributed by atoms with Crippen molar-refractivity contribution in [3.05, 3.63) is 326 Å². The van der Waals surface area contributed by atoms with Crippen molar-refractivity contribution < 1.29 is 83.4 Å². The fourth-order valence-corrected chi connectivity index (χ4v) is 20.0. The number of nitrogens with one attached hydrogen (secondary N) is 10. The minimum absolute atomic E-state index is 0. The third kappa shape index (κ3) is 21.0. The Morgan fingerprint density at radius 1 is 0.149 bits per heavy atom. The summed E-state index contributed by atoms with van der Waals surface area (Å²) in [6.07, 6.45) is 34.7. The van der Waals surface area contributed by atoms with E-state index in [2.05, 4.69) is 99.7 Å². The van der Waals surface area contributed by atoms with Gasteiger partial charge in [0, 0.05) is 82.8 Å². The van der Waals surface area contributed by atoms with Crippen LogP contribution in [0.2, 0.25) is 0 Å². The molecule has 25 heterocycles. The summed E-state index contributed by atoms with van der Waals surface area (Å²) in [6, 6.07) is 62.7. The van der Waals surface area contributed by atoms with Crippen LogP contribution in [-0.4, -0.2) is 165 Å². The average Bonchev–Trinajstić information content (AvgIpc) is 1.70. The monoisotopic (exact) mass is 2000 g/mol. The second-order valence-electron chi connectivity index (χ2n) is 32.3. The van der Waals surface area contributed by atoms with E-state index >= 15 is 0 Å². The van der Waals surface area contributed by atoms with E-state index in [-0.39, 0.29) is 99.1 Å². The Bertz CT molecular complexity index is 8520. The second kappa shape index (κ2) is 36.9. The van der Waals surface area contributed by atoms with E-state index in [9.17, 15) is 64.9 Å². The topological polar surface area (TPSA) is 573 Å². The predicted molar refractivity (Wildman–Crippen MR) is 534 cm³/mol. The first-order valence-electron chi connectivity index (χ1n) is 42.4. The molecule has 25 rings (SSSR count). The zero-order valence-electron chi connectivity index (χ0n) is 72.3. The molecule has 41 heteroatoms. The summed E-state index contributed by atoms with van der Waals surface area (Å²) in [5, 5.41) is 0. The molecule has 0 aliphatic carbocycles. The minimum Gasteiger partial charge on any atom is -0.744 e. The van der Waals surface area contributed by atoms with E-state index in [1.807, 2.05) is 152 Å². The van der Waals surface area contributed by atoms with Crippen molar-refractivity contribution in [1.82, 2.24) is 99.7 Å². The number of hydrogen-bond donors (Lipinski definition) is 10. The standard InChI is InChI=1S/5C20H14N4O3S.V/c5*25-28(26,27)20-18-7-5-16(23-18)10-14-3-1-12(21-14)9-13-2-4-15(22-13)11-17-6-8-19(20)24-17;/h5*1-11,21,24H,(H,25,26,27);/q;;;;;+5/p-5. The fraction of sp³-hybridized carbons (Fsp3) is 0. The van der Waals surface area contributed by atoms with Crippen LogP contribution >= 0.6 is 0 Å². The smallest absolute Gasteiger partial charge is 0.744 e. The molecule has 15 aromatic rings. The Labute approximate surface area is 810 Å². The van der Waals surface area contributed by atoms with E-state index in [0.717, 1.165) is 83.6 Å². The van der Waals surface area contributed by atoms with Gasteiger partial charge in [-0.15, -0.1) is 0 Å². The second-order valence-corrected chi connectivity index (χ2v) is 38.9. The third-order valence-electron chi connectivity index (χ3n) is 22.1. The van der Waals surface area contributed by atoms with Crippen molar-refractivity contribution in [1.29, 1.82) is 0 Å². The average molecular weight is 2000 g/mol. The van der Waals surface area contributed by atoms with Gasteiger partial charge in [-0.3, -0.25) is 0 Å². The first-order chi connectivity index (χ1) is 67.2. The van der Waals surface area contributed by atoms with Gasteiger partial charge in [-0.25, -0.2) is 91.9 Å². The van der Waals surface area contributed by atoms with Gasteiger partial charge in [0.2, 0.25) is 0 Å². The van der Waals surface area contributed by atoms with Crippen molar-refractivity contribution in [2.24, 2.45) is 0 Å². The van der Waals surface area contributed by atoms with Crippen LogP contribution in [0.1, 0.15) is 114 Å². The Balaban J connectivity index is 0.000000108. The number of hydrogen-bond acceptors (Lipinski definition) is 25. The number of rotatable bonds is 5. The molecular weight excluding hydrogens is 1930 g/mol. The first-order valence-corrected chi connectivity index (χ1v) is 49.4. The Morgan fingerprint density at radius 3 is 0.383 bits per heavy atom. The van der Waals surface area contributed by atoms with Gasteiger partial charge in [0.1, 0.15) is 75.1 Å². The molecule has 0 atom stereocenters. The van der Waals surface area contributed by atoms with E-state index in [0.29, 0.717) is 84.5 Å². The van der Waals surface area contributed by atoms with Gasteiger partial charge in [-0.2, -0.15) is 0 Å². The third-order valence-corrected chi connectivity index (χ3v) is 26.8. The quantitative estimate of drug-likeness (QED) is 0.0715. The van der Waals surface area contributed by atoms with Crippen LogP contribution in [0, 0.1) is 0 Å². The van der Waals surface area contributed by atoms with Gasteiger partial charge >= 0.3 is 18.6 Å². The maximum atomic E-state index is 11.9. The van der Waals surface area contributed by atoms with Crippen molar-refractivity contribution in [3.63, 3.8) is 0 Å². The molecular formula is C100H65N20O15S5V. The van der Waals surface area contributed by atoms with Crippen LogP contribution in [0.3, 0.4) is 0 Å². The predicted octanol–water partition coefficient (Wildman–Crippen LogP) is 17.8. The summed E-state index contributed by atoms with van der Waals surface area (Å²) in [5.41, 5.74) is 23.3. The van der Waals surface area contributed by atoms with Gasteiger partial charge in [-0.05, 0) is 334 Å². The Hall–Kier alpha value is -16.9. The van der Waals surface area contributed by atoms with Crippen LogP contribution in [0.15, 0.2) is 237 Å². The Morgan fingerprint density at radius 2 is 0.255 bits per heavy atom. The molecule has 40 bridgehead atoms. The number of aromatic amines is 10. The molecule has 35 nitrogen and oxygen atoms in total. The summed E-state index contributed by atoms with van der Waals surface area (Å²) in [5.74, 6) is 0. The number of aromatic nitrogens is 20. The van der Waals surface area contributed by atoms with Crippen LogP contribution in [-0.2, 0) is 69.1 Å². The summed E-state index contributed by atoms with van der Waals surface area (Å²) >= 11 is 0. The number of nitrogens with zero attached hydrogens (tertiary/aromatic N) is 10. The molecule has 690 valence electrons. The normalized spacial score (nSPS) is 13.1. The molecule has 10 aliphatic rings. The summed E-state index contributed by atoms with van der Waals surface area (Å²) < 4.78 is 179. The van der Waals surface area contributed by atoms with E-state index < -0.39 is 50.6 Å². The van der Waals surface area contributed by atoms with Crippen molar-refractivity contribution >= 4 is 282 Å². The van der Waals surface area contributed by atoms with Gasteiger partial charge in [-0.1, -0.05) is 0 Å². The van der Waals surface area contributed by atoms with Gasteiger partial charge < -0.3 is 72.6 Å². The largest absolute Gasteiger partial charge is 5.00 e. The first kappa shape index (κ1) is 91.9. The summed E-state index contributed by atoms with van der Waals surface area (Å²) in [6.45, 7) is 0. The number of H-pyrrole nitrogens is 10. The molecule has 141 heavy (non-hydrogen) atoms. The molecule has 10 aliphatic heterocycles. The van der Waals surface area contributed by atoms with Gasteiger partial charge in [0.25, 0.3) is 0 Å². The van der Waals surface area contributed by atoms with E-state index in [1.54, 1.807) is 152 Å². The van der Waals surface area contributed by atoms with Crippen LogP contribution in [0.5, 0.6) is 0 Å². The molecule has 0 fully saturated rings. The summed E-state index contributed by atoms with van der Waals surface area (Å²) in [7, 11) is -23.7. The molecule has 15 aromatic heterocycles. The fourth-order valence-electron chi connectivity index (χ4n) is 16.2. The molecule has 0 radical (unpaired) electrons. The number of fused-ring (bicyclic) bond motifs is 40. The van der Waals surface area contributed by atoms with Crippen LogP contribution in [0.25, 0.3) is 232 Å². The van der Waals surface area contributed by atoms with Crippen LogP contribution < -0.4 is 0 Å². The molecule has 0 amide bonds.